The zero-order valence-corrected chi connectivity index (χ0v) is 14.8. The van der Waals surface area contributed by atoms with E-state index in [9.17, 15) is 9.59 Å². The summed E-state index contributed by atoms with van der Waals surface area (Å²) in [5, 5.41) is 0.792. The summed E-state index contributed by atoms with van der Waals surface area (Å²) in [6, 6.07) is 7.89. The number of nitrogens with zero attached hydrogens (tertiary/aromatic N) is 3. The molecule has 1 aromatic rings. The molecule has 130 valence electrons. The van der Waals surface area contributed by atoms with Gasteiger partial charge < -0.3 is 9.80 Å². The van der Waals surface area contributed by atoms with E-state index in [0.29, 0.717) is 19.5 Å². The van der Waals surface area contributed by atoms with Gasteiger partial charge in [-0.1, -0.05) is 29.8 Å². The Labute approximate surface area is 148 Å². The lowest BCUT2D eigenvalue weighted by Crippen LogP contribution is -2.50. The highest BCUT2D eigenvalue weighted by atomic mass is 35.5. The highest BCUT2D eigenvalue weighted by Gasteiger charge is 2.36. The third-order valence-corrected chi connectivity index (χ3v) is 5.35. The van der Waals surface area contributed by atoms with Gasteiger partial charge in [0.05, 0.1) is 5.92 Å². The van der Waals surface area contributed by atoms with Crippen molar-refractivity contribution >= 4 is 23.4 Å². The molecule has 5 nitrogen and oxygen atoms in total. The minimum atomic E-state index is -0.160. The summed E-state index contributed by atoms with van der Waals surface area (Å²) >= 11 is 6.22. The number of hydrogen-bond acceptors (Lipinski definition) is 3. The molecule has 1 aromatic carbocycles. The van der Waals surface area contributed by atoms with Gasteiger partial charge in [-0.3, -0.25) is 14.5 Å². The Morgan fingerprint density at radius 3 is 2.54 bits per heavy atom. The molecule has 0 aliphatic carbocycles. The topological polar surface area (TPSA) is 43.9 Å². The monoisotopic (exact) mass is 349 g/mol. The fraction of sp³-hybridized carbons (Fsp3) is 0.556. The predicted molar refractivity (Wildman–Crippen MR) is 93.7 cm³/mol. The van der Waals surface area contributed by atoms with Crippen molar-refractivity contribution in [2.45, 2.75) is 19.9 Å². The van der Waals surface area contributed by atoms with E-state index in [-0.39, 0.29) is 17.7 Å². The Hall–Kier alpha value is -1.59. The molecule has 0 saturated carbocycles. The van der Waals surface area contributed by atoms with Gasteiger partial charge in [0.25, 0.3) is 0 Å². The number of piperazine rings is 1. The van der Waals surface area contributed by atoms with Gasteiger partial charge in [0.15, 0.2) is 0 Å². The molecule has 1 atom stereocenters. The average molecular weight is 350 g/mol. The van der Waals surface area contributed by atoms with Crippen molar-refractivity contribution in [1.82, 2.24) is 14.7 Å². The van der Waals surface area contributed by atoms with E-state index in [1.54, 1.807) is 4.90 Å². The van der Waals surface area contributed by atoms with Crippen molar-refractivity contribution in [1.29, 1.82) is 0 Å². The maximum Gasteiger partial charge on any atom is 0.228 e. The lowest BCUT2D eigenvalue weighted by Gasteiger charge is -2.36. The molecule has 0 spiro atoms. The molecule has 24 heavy (non-hydrogen) atoms. The second kappa shape index (κ2) is 7.53. The average Bonchev–Trinajstić information content (AvgIpc) is 2.98. The first-order chi connectivity index (χ1) is 11.6. The van der Waals surface area contributed by atoms with Crippen LogP contribution in [0.3, 0.4) is 0 Å². The number of halogens is 1. The van der Waals surface area contributed by atoms with Gasteiger partial charge in [0.1, 0.15) is 0 Å². The molecule has 2 amide bonds. The highest BCUT2D eigenvalue weighted by molar-refractivity contribution is 6.31. The normalized spacial score (nSPS) is 22.2. The van der Waals surface area contributed by atoms with Crippen LogP contribution in [0.15, 0.2) is 24.3 Å². The van der Waals surface area contributed by atoms with E-state index >= 15 is 0 Å². The minimum Gasteiger partial charge on any atom is -0.342 e. The number of hydrogen-bond donors (Lipinski definition) is 0. The Kier molecular flexibility index (Phi) is 5.41. The van der Waals surface area contributed by atoms with Crippen molar-refractivity contribution in [3.8, 4) is 0 Å². The van der Waals surface area contributed by atoms with Gasteiger partial charge in [-0.2, -0.15) is 0 Å². The zero-order chi connectivity index (χ0) is 17.1. The third-order valence-electron chi connectivity index (χ3n) is 4.98. The molecule has 2 saturated heterocycles. The summed E-state index contributed by atoms with van der Waals surface area (Å²) in [4.78, 5) is 30.5. The molecule has 3 rings (SSSR count). The number of carbonyl (C=O) groups excluding carboxylic acids is 2. The quantitative estimate of drug-likeness (QED) is 0.833. The predicted octanol–water partition coefficient (Wildman–Crippen LogP) is 1.85. The Bertz CT molecular complexity index is 614. The number of likely N-dealkylation sites (tertiary alicyclic amines) is 1. The number of amides is 2. The molecule has 1 unspecified atom stereocenters. The van der Waals surface area contributed by atoms with Crippen LogP contribution in [0.5, 0.6) is 0 Å². The van der Waals surface area contributed by atoms with E-state index in [1.807, 2.05) is 36.1 Å². The Morgan fingerprint density at radius 1 is 1.21 bits per heavy atom. The molecule has 0 aromatic heterocycles. The summed E-state index contributed by atoms with van der Waals surface area (Å²) in [6.45, 7) is 7.16. The SMILES string of the molecule is CCN1CC(C(=O)N2CCN(Cc3ccccc3Cl)CC2)CC1=O. The molecule has 0 N–H and O–H groups in total. The molecular formula is C18H24ClN3O2. The van der Waals surface area contributed by atoms with Crippen LogP contribution in [0, 0.1) is 5.92 Å². The lowest BCUT2D eigenvalue weighted by atomic mass is 10.1. The second-order valence-corrected chi connectivity index (χ2v) is 6.93. The van der Waals surface area contributed by atoms with Crippen LogP contribution in [0.2, 0.25) is 5.02 Å². The van der Waals surface area contributed by atoms with Crippen LogP contribution in [-0.2, 0) is 16.1 Å². The van der Waals surface area contributed by atoms with Crippen LogP contribution in [-0.4, -0.2) is 65.8 Å². The van der Waals surface area contributed by atoms with E-state index < -0.39 is 0 Å². The fourth-order valence-corrected chi connectivity index (χ4v) is 3.69. The summed E-state index contributed by atoms with van der Waals surface area (Å²) in [6.07, 6.45) is 0.368. The van der Waals surface area contributed by atoms with Gasteiger partial charge in [0, 0.05) is 57.3 Å². The van der Waals surface area contributed by atoms with Crippen LogP contribution in [0.1, 0.15) is 18.9 Å². The first-order valence-corrected chi connectivity index (χ1v) is 8.98. The Morgan fingerprint density at radius 2 is 1.92 bits per heavy atom. The van der Waals surface area contributed by atoms with Crippen molar-refractivity contribution < 1.29 is 9.59 Å². The molecular weight excluding hydrogens is 326 g/mol. The smallest absolute Gasteiger partial charge is 0.228 e. The fourth-order valence-electron chi connectivity index (χ4n) is 3.50. The van der Waals surface area contributed by atoms with Crippen molar-refractivity contribution in [2.24, 2.45) is 5.92 Å². The van der Waals surface area contributed by atoms with Gasteiger partial charge in [-0.05, 0) is 18.6 Å². The summed E-state index contributed by atoms with van der Waals surface area (Å²) in [7, 11) is 0. The van der Waals surface area contributed by atoms with Gasteiger partial charge in [-0.25, -0.2) is 0 Å². The molecule has 0 radical (unpaired) electrons. The van der Waals surface area contributed by atoms with Crippen LogP contribution < -0.4 is 0 Å². The highest BCUT2D eigenvalue weighted by Crippen LogP contribution is 2.22. The summed E-state index contributed by atoms with van der Waals surface area (Å²) in [5.41, 5.74) is 1.12. The minimum absolute atomic E-state index is 0.105. The van der Waals surface area contributed by atoms with Gasteiger partial charge in [0.2, 0.25) is 11.8 Å². The van der Waals surface area contributed by atoms with Crippen molar-refractivity contribution in [2.75, 3.05) is 39.3 Å². The van der Waals surface area contributed by atoms with Crippen molar-refractivity contribution in [3.05, 3.63) is 34.9 Å². The number of carbonyl (C=O) groups is 2. The number of benzene rings is 1. The maximum absolute atomic E-state index is 12.6. The first-order valence-electron chi connectivity index (χ1n) is 8.60. The second-order valence-electron chi connectivity index (χ2n) is 6.53. The summed E-state index contributed by atoms with van der Waals surface area (Å²) in [5.74, 6) is 0.0810. The van der Waals surface area contributed by atoms with E-state index in [0.717, 1.165) is 43.3 Å². The number of rotatable bonds is 4. The van der Waals surface area contributed by atoms with E-state index in [1.165, 1.54) is 0 Å². The van der Waals surface area contributed by atoms with E-state index in [2.05, 4.69) is 4.90 Å². The first kappa shape index (κ1) is 17.2. The molecule has 0 bridgehead atoms. The Balaban J connectivity index is 1.51. The van der Waals surface area contributed by atoms with Crippen LogP contribution in [0.25, 0.3) is 0 Å². The standard InChI is InChI=1S/C18H24ClN3O2/c1-2-21-13-15(11-17(21)23)18(24)22-9-7-20(8-10-22)12-14-5-3-4-6-16(14)19/h3-6,15H,2,7-13H2,1H3. The molecule has 2 aliphatic rings. The lowest BCUT2D eigenvalue weighted by molar-refractivity contribution is -0.137. The molecule has 2 aliphatic heterocycles. The van der Waals surface area contributed by atoms with Gasteiger partial charge in [-0.15, -0.1) is 0 Å². The maximum atomic E-state index is 12.6. The molecule has 6 heteroatoms. The molecule has 2 heterocycles. The van der Waals surface area contributed by atoms with Crippen molar-refractivity contribution in [3.63, 3.8) is 0 Å². The van der Waals surface area contributed by atoms with Crippen LogP contribution in [0.4, 0.5) is 0 Å². The zero-order valence-electron chi connectivity index (χ0n) is 14.1. The third kappa shape index (κ3) is 3.73. The van der Waals surface area contributed by atoms with E-state index in [4.69, 9.17) is 11.6 Å². The largest absolute Gasteiger partial charge is 0.342 e. The van der Waals surface area contributed by atoms with Gasteiger partial charge >= 0.3 is 0 Å². The summed E-state index contributed by atoms with van der Waals surface area (Å²) < 4.78 is 0. The van der Waals surface area contributed by atoms with Crippen LogP contribution >= 0.6 is 11.6 Å². The molecule has 2 fully saturated rings.